The van der Waals surface area contributed by atoms with Crippen molar-refractivity contribution in [3.63, 3.8) is 0 Å². The third-order valence-electron chi connectivity index (χ3n) is 2.48. The number of methoxy groups -OCH3 is 1. The lowest BCUT2D eigenvalue weighted by atomic mass is 10.2. The standard InChI is InChI=1S/C13H20N2O2S/c1-4-7-18-10-5-6-11(14)12(8-10)15-13(16)9(2)17-3/h5-6,8-9H,4,7,14H2,1-3H3,(H,15,16). The highest BCUT2D eigenvalue weighted by Crippen LogP contribution is 2.27. The second-order valence-electron chi connectivity index (χ2n) is 3.96. The Morgan fingerprint density at radius 3 is 2.89 bits per heavy atom. The Hall–Kier alpha value is -1.20. The molecule has 3 N–H and O–H groups in total. The van der Waals surface area contributed by atoms with Crippen molar-refractivity contribution >= 4 is 29.0 Å². The van der Waals surface area contributed by atoms with Crippen LogP contribution in [0.1, 0.15) is 20.3 Å². The van der Waals surface area contributed by atoms with Crippen molar-refractivity contribution in [1.82, 2.24) is 0 Å². The lowest BCUT2D eigenvalue weighted by Gasteiger charge is -2.13. The van der Waals surface area contributed by atoms with E-state index in [1.165, 1.54) is 7.11 Å². The van der Waals surface area contributed by atoms with Crippen LogP contribution in [0.3, 0.4) is 0 Å². The van der Waals surface area contributed by atoms with E-state index < -0.39 is 6.10 Å². The number of nitrogen functional groups attached to an aromatic ring is 1. The summed E-state index contributed by atoms with van der Waals surface area (Å²) in [4.78, 5) is 12.8. The molecule has 18 heavy (non-hydrogen) atoms. The summed E-state index contributed by atoms with van der Waals surface area (Å²) in [5.74, 6) is 0.855. The molecular formula is C13H20N2O2S. The third kappa shape index (κ3) is 4.23. The first-order valence-electron chi connectivity index (χ1n) is 5.94. The van der Waals surface area contributed by atoms with E-state index in [0.29, 0.717) is 11.4 Å². The number of rotatable bonds is 6. The van der Waals surface area contributed by atoms with Crippen LogP contribution in [0.2, 0.25) is 0 Å². The molecule has 5 heteroatoms. The van der Waals surface area contributed by atoms with Gasteiger partial charge in [0.2, 0.25) is 0 Å². The quantitative estimate of drug-likeness (QED) is 0.615. The van der Waals surface area contributed by atoms with Crippen LogP contribution >= 0.6 is 11.8 Å². The Labute approximate surface area is 112 Å². The first-order valence-corrected chi connectivity index (χ1v) is 6.93. The van der Waals surface area contributed by atoms with Crippen LogP contribution in [0.5, 0.6) is 0 Å². The molecule has 1 amide bonds. The van der Waals surface area contributed by atoms with Gasteiger partial charge in [0, 0.05) is 12.0 Å². The number of carbonyl (C=O) groups excluding carboxylic acids is 1. The van der Waals surface area contributed by atoms with Crippen LogP contribution in [0.25, 0.3) is 0 Å². The average Bonchev–Trinajstić information content (AvgIpc) is 2.38. The van der Waals surface area contributed by atoms with Gasteiger partial charge in [-0.25, -0.2) is 0 Å². The number of hydrogen-bond donors (Lipinski definition) is 2. The molecule has 0 radical (unpaired) electrons. The van der Waals surface area contributed by atoms with Crippen molar-refractivity contribution in [3.05, 3.63) is 18.2 Å². The molecule has 100 valence electrons. The van der Waals surface area contributed by atoms with E-state index in [0.717, 1.165) is 17.1 Å². The number of ether oxygens (including phenoxy) is 1. The molecule has 0 aromatic heterocycles. The van der Waals surface area contributed by atoms with Crippen molar-refractivity contribution in [2.24, 2.45) is 0 Å². The maximum Gasteiger partial charge on any atom is 0.253 e. The Bertz CT molecular complexity index is 410. The summed E-state index contributed by atoms with van der Waals surface area (Å²) in [7, 11) is 1.50. The van der Waals surface area contributed by atoms with E-state index >= 15 is 0 Å². The van der Waals surface area contributed by atoms with Gasteiger partial charge in [0.1, 0.15) is 6.10 Å². The summed E-state index contributed by atoms with van der Waals surface area (Å²) in [6.45, 7) is 3.83. The van der Waals surface area contributed by atoms with E-state index in [2.05, 4.69) is 12.2 Å². The van der Waals surface area contributed by atoms with Gasteiger partial charge in [0.25, 0.3) is 5.91 Å². The monoisotopic (exact) mass is 268 g/mol. The van der Waals surface area contributed by atoms with E-state index in [-0.39, 0.29) is 5.91 Å². The fraction of sp³-hybridized carbons (Fsp3) is 0.462. The Kier molecular flexibility index (Phi) is 6.01. The molecule has 0 heterocycles. The molecule has 1 unspecified atom stereocenters. The van der Waals surface area contributed by atoms with Crippen LogP contribution in [0, 0.1) is 0 Å². The topological polar surface area (TPSA) is 64.3 Å². The van der Waals surface area contributed by atoms with Crippen LogP contribution < -0.4 is 11.1 Å². The Balaban J connectivity index is 2.77. The predicted octanol–water partition coefficient (Wildman–Crippen LogP) is 2.74. The smallest absolute Gasteiger partial charge is 0.253 e. The maximum absolute atomic E-state index is 11.7. The number of anilines is 2. The first-order chi connectivity index (χ1) is 8.58. The van der Waals surface area contributed by atoms with Gasteiger partial charge in [-0.1, -0.05) is 6.92 Å². The maximum atomic E-state index is 11.7. The van der Waals surface area contributed by atoms with Crippen molar-refractivity contribution in [2.75, 3.05) is 23.9 Å². The summed E-state index contributed by atoms with van der Waals surface area (Å²) in [5, 5.41) is 2.78. The van der Waals surface area contributed by atoms with Crippen LogP contribution in [0.15, 0.2) is 23.1 Å². The van der Waals surface area contributed by atoms with E-state index in [1.807, 2.05) is 18.2 Å². The lowest BCUT2D eigenvalue weighted by Crippen LogP contribution is -2.26. The van der Waals surface area contributed by atoms with E-state index in [4.69, 9.17) is 10.5 Å². The zero-order valence-corrected chi connectivity index (χ0v) is 11.8. The molecule has 0 bridgehead atoms. The number of benzene rings is 1. The second kappa shape index (κ2) is 7.28. The van der Waals surface area contributed by atoms with Crippen molar-refractivity contribution < 1.29 is 9.53 Å². The van der Waals surface area contributed by atoms with Crippen LogP contribution in [0.4, 0.5) is 11.4 Å². The van der Waals surface area contributed by atoms with Gasteiger partial charge >= 0.3 is 0 Å². The number of nitrogens with one attached hydrogen (secondary N) is 1. The molecule has 0 saturated carbocycles. The molecule has 0 aliphatic heterocycles. The summed E-state index contributed by atoms with van der Waals surface area (Å²) in [6.07, 6.45) is 0.619. The van der Waals surface area contributed by atoms with Gasteiger partial charge < -0.3 is 15.8 Å². The second-order valence-corrected chi connectivity index (χ2v) is 5.13. The summed E-state index contributed by atoms with van der Waals surface area (Å²) < 4.78 is 4.96. The number of nitrogens with two attached hydrogens (primary N) is 1. The normalized spacial score (nSPS) is 12.2. The first kappa shape index (κ1) is 14.9. The number of hydrogen-bond acceptors (Lipinski definition) is 4. The highest BCUT2D eigenvalue weighted by atomic mass is 32.2. The summed E-state index contributed by atoms with van der Waals surface area (Å²) in [5.41, 5.74) is 7.05. The minimum atomic E-state index is -0.489. The number of thioether (sulfide) groups is 1. The van der Waals surface area contributed by atoms with Gasteiger partial charge in [-0.2, -0.15) is 0 Å². The molecule has 1 aromatic carbocycles. The highest BCUT2D eigenvalue weighted by molar-refractivity contribution is 7.99. The van der Waals surface area contributed by atoms with Gasteiger partial charge in [0.05, 0.1) is 11.4 Å². The van der Waals surface area contributed by atoms with E-state index in [1.54, 1.807) is 18.7 Å². The fourth-order valence-electron chi connectivity index (χ4n) is 1.29. The molecule has 0 aliphatic rings. The van der Waals surface area contributed by atoms with Crippen molar-refractivity contribution in [1.29, 1.82) is 0 Å². The Morgan fingerprint density at radius 2 is 2.28 bits per heavy atom. The predicted molar refractivity (Wildman–Crippen MR) is 77.0 cm³/mol. The van der Waals surface area contributed by atoms with E-state index in [9.17, 15) is 4.79 Å². The lowest BCUT2D eigenvalue weighted by molar-refractivity contribution is -0.124. The van der Waals surface area contributed by atoms with Crippen LogP contribution in [-0.4, -0.2) is 24.9 Å². The molecule has 1 rings (SSSR count). The van der Waals surface area contributed by atoms with Gasteiger partial charge in [-0.15, -0.1) is 11.8 Å². The largest absolute Gasteiger partial charge is 0.397 e. The molecule has 4 nitrogen and oxygen atoms in total. The molecular weight excluding hydrogens is 248 g/mol. The minimum Gasteiger partial charge on any atom is -0.397 e. The van der Waals surface area contributed by atoms with Gasteiger partial charge in [-0.05, 0) is 37.3 Å². The third-order valence-corrected chi connectivity index (χ3v) is 3.68. The molecule has 0 fully saturated rings. The van der Waals surface area contributed by atoms with Crippen molar-refractivity contribution in [3.8, 4) is 0 Å². The van der Waals surface area contributed by atoms with Gasteiger partial charge in [-0.3, -0.25) is 4.79 Å². The zero-order chi connectivity index (χ0) is 13.5. The molecule has 1 aromatic rings. The number of amides is 1. The Morgan fingerprint density at radius 1 is 1.56 bits per heavy atom. The SMILES string of the molecule is CCCSc1ccc(N)c(NC(=O)C(C)OC)c1. The summed E-state index contributed by atoms with van der Waals surface area (Å²) >= 11 is 1.75. The molecule has 0 spiro atoms. The number of carbonyl (C=O) groups is 1. The highest BCUT2D eigenvalue weighted by Gasteiger charge is 2.13. The van der Waals surface area contributed by atoms with Crippen LogP contribution in [-0.2, 0) is 9.53 Å². The fourth-order valence-corrected chi connectivity index (χ4v) is 2.10. The molecule has 0 saturated heterocycles. The molecule has 0 aliphatic carbocycles. The van der Waals surface area contributed by atoms with Gasteiger partial charge in [0.15, 0.2) is 0 Å². The molecule has 1 atom stereocenters. The minimum absolute atomic E-state index is 0.193. The zero-order valence-electron chi connectivity index (χ0n) is 11.0. The van der Waals surface area contributed by atoms with Crippen molar-refractivity contribution in [2.45, 2.75) is 31.3 Å². The summed E-state index contributed by atoms with van der Waals surface area (Å²) in [6, 6.07) is 5.67. The average molecular weight is 268 g/mol.